The third kappa shape index (κ3) is 5.40. The van der Waals surface area contributed by atoms with E-state index in [0.717, 1.165) is 5.56 Å². The molecule has 9 nitrogen and oxygen atoms in total. The van der Waals surface area contributed by atoms with Gasteiger partial charge in [-0.05, 0) is 51.1 Å². The Balaban J connectivity index is 1.39. The molecule has 0 aliphatic rings. The average Bonchev–Trinajstić information content (AvgIpc) is 3.43. The lowest BCUT2D eigenvalue weighted by Crippen LogP contribution is -2.27. The smallest absolute Gasteiger partial charge is 0.338 e. The van der Waals surface area contributed by atoms with Gasteiger partial charge in [0, 0.05) is 32.8 Å². The first kappa shape index (κ1) is 30.2. The Kier molecular flexibility index (Phi) is 8.01. The van der Waals surface area contributed by atoms with Crippen molar-refractivity contribution in [1.29, 1.82) is 5.26 Å². The Morgan fingerprint density at radius 3 is 2.53 bits per heavy atom. The largest absolute Gasteiger partial charge is 0.491 e. The lowest BCUT2D eigenvalue weighted by Gasteiger charge is -2.16. The van der Waals surface area contributed by atoms with Crippen molar-refractivity contribution < 1.29 is 14.6 Å². The summed E-state index contributed by atoms with van der Waals surface area (Å²) < 4.78 is 8.40. The van der Waals surface area contributed by atoms with Gasteiger partial charge in [-0.1, -0.05) is 41.4 Å². The van der Waals surface area contributed by atoms with Gasteiger partial charge in [0.25, 0.3) is 5.56 Å². The molecular formula is C33H23Cl2N5O4S. The van der Waals surface area contributed by atoms with Crippen LogP contribution in [0.25, 0.3) is 43.5 Å². The molecule has 45 heavy (non-hydrogen) atoms. The number of thiophene rings is 1. The first-order valence-corrected chi connectivity index (χ1v) is 15.3. The van der Waals surface area contributed by atoms with Crippen LogP contribution in [0, 0.1) is 32.1 Å². The normalized spacial score (nSPS) is 11.2. The van der Waals surface area contributed by atoms with Crippen LogP contribution in [0.2, 0.25) is 10.0 Å². The highest BCUT2D eigenvalue weighted by molar-refractivity contribution is 7.18. The van der Waals surface area contributed by atoms with Crippen LogP contribution in [0.4, 0.5) is 0 Å². The molecule has 0 saturated heterocycles. The summed E-state index contributed by atoms with van der Waals surface area (Å²) in [7, 11) is 0. The zero-order chi connectivity index (χ0) is 32.0. The van der Waals surface area contributed by atoms with Crippen LogP contribution in [-0.4, -0.2) is 37.2 Å². The lowest BCUT2D eigenvalue weighted by atomic mass is 10.0. The molecule has 6 rings (SSSR count). The topological polar surface area (TPSA) is 131 Å². The van der Waals surface area contributed by atoms with Gasteiger partial charge in [-0.25, -0.2) is 14.8 Å². The third-order valence-electron chi connectivity index (χ3n) is 7.40. The maximum Gasteiger partial charge on any atom is 0.338 e. The molecule has 0 spiro atoms. The van der Waals surface area contributed by atoms with E-state index in [4.69, 9.17) is 27.9 Å². The van der Waals surface area contributed by atoms with Crippen LogP contribution < -0.4 is 10.3 Å². The molecule has 12 heteroatoms. The highest BCUT2D eigenvalue weighted by Gasteiger charge is 2.22. The Labute approximate surface area is 270 Å². The molecule has 0 radical (unpaired) electrons. The molecule has 4 aromatic heterocycles. The summed E-state index contributed by atoms with van der Waals surface area (Å²) >= 11 is 14.1. The number of nitriles is 1. The first-order valence-electron chi connectivity index (χ1n) is 13.7. The molecule has 224 valence electrons. The summed E-state index contributed by atoms with van der Waals surface area (Å²) in [6.07, 6.45) is 0. The molecule has 2 aromatic carbocycles. The number of aryl methyl sites for hydroxylation is 3. The number of carbonyl (C=O) groups is 1. The van der Waals surface area contributed by atoms with Crippen molar-refractivity contribution in [3.05, 3.63) is 103 Å². The second kappa shape index (κ2) is 11.9. The highest BCUT2D eigenvalue weighted by atomic mass is 35.5. The first-order chi connectivity index (χ1) is 21.6. The fourth-order valence-electron chi connectivity index (χ4n) is 5.34. The van der Waals surface area contributed by atoms with Gasteiger partial charge in [0.2, 0.25) is 0 Å². The number of hydrogen-bond acceptors (Lipinski definition) is 8. The van der Waals surface area contributed by atoms with E-state index in [1.54, 1.807) is 68.6 Å². The number of rotatable bonds is 7. The second-order valence-electron chi connectivity index (χ2n) is 10.3. The molecule has 4 heterocycles. The number of hydrogen-bond donors (Lipinski definition) is 1. The molecule has 0 aliphatic heterocycles. The van der Waals surface area contributed by atoms with E-state index in [2.05, 4.69) is 21.0 Å². The quantitative estimate of drug-likeness (QED) is 0.186. The molecule has 0 amide bonds. The van der Waals surface area contributed by atoms with Crippen LogP contribution in [-0.2, 0) is 6.54 Å². The van der Waals surface area contributed by atoms with E-state index < -0.39 is 5.97 Å². The fraction of sp³-hybridized carbons (Fsp3) is 0.152. The average molecular weight is 657 g/mol. The number of aromatic nitrogens is 4. The summed E-state index contributed by atoms with van der Waals surface area (Å²) in [5.74, 6) is -0.116. The number of halogens is 2. The van der Waals surface area contributed by atoms with Gasteiger partial charge in [0.05, 0.1) is 49.7 Å². The lowest BCUT2D eigenvalue weighted by molar-refractivity contribution is 0.0699. The maximum absolute atomic E-state index is 14.0. The van der Waals surface area contributed by atoms with Crippen molar-refractivity contribution in [3.8, 4) is 34.2 Å². The van der Waals surface area contributed by atoms with E-state index in [0.29, 0.717) is 65.6 Å². The molecule has 0 unspecified atom stereocenters. The van der Waals surface area contributed by atoms with Crippen molar-refractivity contribution in [1.82, 2.24) is 19.5 Å². The highest BCUT2D eigenvalue weighted by Crippen LogP contribution is 2.40. The number of pyridine rings is 2. The summed E-state index contributed by atoms with van der Waals surface area (Å²) in [5, 5.41) is 22.5. The monoisotopic (exact) mass is 655 g/mol. The van der Waals surface area contributed by atoms with Crippen molar-refractivity contribution in [2.75, 3.05) is 6.61 Å². The minimum atomic E-state index is -1.05. The van der Waals surface area contributed by atoms with Gasteiger partial charge < -0.3 is 9.84 Å². The van der Waals surface area contributed by atoms with Crippen LogP contribution in [0.1, 0.15) is 33.1 Å². The number of nitrogens with zero attached hydrogens (tertiary/aromatic N) is 5. The number of carboxylic acid groups (broad SMARTS) is 1. The summed E-state index contributed by atoms with van der Waals surface area (Å²) in [6.45, 7) is 5.48. The van der Waals surface area contributed by atoms with E-state index in [1.165, 1.54) is 15.9 Å². The van der Waals surface area contributed by atoms with Gasteiger partial charge in [0.1, 0.15) is 29.8 Å². The molecular weight excluding hydrogens is 633 g/mol. The second-order valence-corrected chi connectivity index (χ2v) is 12.0. The SMILES string of the molecule is Cc1cc(-c2cc(Cl)ccc2OCCn2c(C)nc3c(C)nc(-c4ccccc4Cl)c(C#N)c3c2=O)c2scc(C(=O)O)c2n1. The number of carboxylic acids is 1. The number of aromatic carboxylic acids is 1. The number of ether oxygens (including phenoxy) is 1. The molecule has 0 bridgehead atoms. The summed E-state index contributed by atoms with van der Waals surface area (Å²) in [4.78, 5) is 39.5. The van der Waals surface area contributed by atoms with Gasteiger partial charge in [0.15, 0.2) is 0 Å². The summed E-state index contributed by atoms with van der Waals surface area (Å²) in [6, 6.07) is 16.2. The molecule has 6 aromatic rings. The molecule has 1 N–H and O–H groups in total. The summed E-state index contributed by atoms with van der Waals surface area (Å²) in [5.41, 5.74) is 4.01. The number of benzene rings is 2. The molecule has 0 fully saturated rings. The number of fused-ring (bicyclic) bond motifs is 2. The standard InChI is InChI=1S/C33H23Cl2N5O4S/c1-16-12-22(31-30(37-16)24(15-45-31)33(42)43)21-13-19(34)8-9-26(21)44-11-10-40-18(3)39-28-17(2)38-29(20-6-4-5-7-25(20)35)23(14-36)27(28)32(40)41/h4-9,12-13,15H,10-11H2,1-3H3,(H,42,43). The van der Waals surface area contributed by atoms with E-state index in [1.807, 2.05) is 6.07 Å². The molecule has 0 aliphatic carbocycles. The predicted octanol–water partition coefficient (Wildman–Crippen LogP) is 7.62. The molecule has 0 saturated carbocycles. The van der Waals surface area contributed by atoms with Crippen LogP contribution in [0.15, 0.2) is 58.7 Å². The molecule has 0 atom stereocenters. The minimum absolute atomic E-state index is 0.0872. The Morgan fingerprint density at radius 2 is 1.80 bits per heavy atom. The zero-order valence-electron chi connectivity index (χ0n) is 24.2. The van der Waals surface area contributed by atoms with E-state index in [9.17, 15) is 20.0 Å². The van der Waals surface area contributed by atoms with Crippen molar-refractivity contribution >= 4 is 61.6 Å². The Bertz CT molecular complexity index is 2290. The van der Waals surface area contributed by atoms with Gasteiger partial charge in [-0.2, -0.15) is 5.26 Å². The van der Waals surface area contributed by atoms with Crippen molar-refractivity contribution in [3.63, 3.8) is 0 Å². The van der Waals surface area contributed by atoms with Crippen molar-refractivity contribution in [2.24, 2.45) is 0 Å². The van der Waals surface area contributed by atoms with Crippen LogP contribution in [0.5, 0.6) is 5.75 Å². The zero-order valence-corrected chi connectivity index (χ0v) is 26.5. The van der Waals surface area contributed by atoms with Crippen LogP contribution in [0.3, 0.4) is 0 Å². The van der Waals surface area contributed by atoms with Crippen LogP contribution >= 0.6 is 34.5 Å². The maximum atomic E-state index is 14.0. The van der Waals surface area contributed by atoms with Crippen molar-refractivity contribution in [2.45, 2.75) is 27.3 Å². The predicted molar refractivity (Wildman–Crippen MR) is 176 cm³/mol. The van der Waals surface area contributed by atoms with Gasteiger partial charge >= 0.3 is 5.97 Å². The Morgan fingerprint density at radius 1 is 1.02 bits per heavy atom. The van der Waals surface area contributed by atoms with E-state index in [-0.39, 0.29) is 35.2 Å². The van der Waals surface area contributed by atoms with E-state index >= 15 is 0 Å². The third-order valence-corrected chi connectivity index (χ3v) is 8.96. The fourth-order valence-corrected chi connectivity index (χ4v) is 6.75. The minimum Gasteiger partial charge on any atom is -0.491 e. The Hall–Kier alpha value is -4.82. The van der Waals surface area contributed by atoms with Gasteiger partial charge in [-0.15, -0.1) is 11.3 Å². The van der Waals surface area contributed by atoms with Gasteiger partial charge in [-0.3, -0.25) is 14.3 Å².